The van der Waals surface area contributed by atoms with Crippen LogP contribution in [0.1, 0.15) is 37.8 Å². The van der Waals surface area contributed by atoms with Crippen LogP contribution in [0.15, 0.2) is 59.5 Å². The van der Waals surface area contributed by atoms with Gasteiger partial charge in [-0.05, 0) is 92.0 Å². The summed E-state index contributed by atoms with van der Waals surface area (Å²) in [5, 5.41) is 2.10. The van der Waals surface area contributed by atoms with Gasteiger partial charge in [-0.25, -0.2) is 12.8 Å². The van der Waals surface area contributed by atoms with Crippen LogP contribution in [0.2, 0.25) is 5.02 Å². The third-order valence-electron chi connectivity index (χ3n) is 7.02. The van der Waals surface area contributed by atoms with Crippen LogP contribution >= 0.6 is 11.6 Å². The second-order valence-electron chi connectivity index (χ2n) is 9.24. The van der Waals surface area contributed by atoms with Gasteiger partial charge in [-0.1, -0.05) is 29.8 Å². The van der Waals surface area contributed by atoms with E-state index in [-0.39, 0.29) is 29.6 Å². The third kappa shape index (κ3) is 4.80. The normalized spacial score (nSPS) is 20.1. The van der Waals surface area contributed by atoms with Gasteiger partial charge >= 0.3 is 0 Å². The van der Waals surface area contributed by atoms with Crippen LogP contribution < -0.4 is 9.62 Å². The standard InChI is InChI=1S/C26H27ClFN3O3S/c1-17(30-11-2-3-12-30)18-6-9-25(23(28)16-18)31-13-10-24(26(31)32)29-35(33,34)22-8-5-19-14-21(27)7-4-20(19)15-22/h4-9,14-17,24,29H,2-3,10-13H2,1H3/t17?,24-/m0/s1. The van der Waals surface area contributed by atoms with Gasteiger partial charge in [-0.15, -0.1) is 0 Å². The molecule has 0 spiro atoms. The molecule has 1 unspecified atom stereocenters. The predicted molar refractivity (Wildman–Crippen MR) is 136 cm³/mol. The Labute approximate surface area is 209 Å². The maximum atomic E-state index is 15.1. The van der Waals surface area contributed by atoms with Crippen molar-refractivity contribution in [1.82, 2.24) is 9.62 Å². The van der Waals surface area contributed by atoms with E-state index in [1.807, 2.05) is 6.07 Å². The fourth-order valence-electron chi connectivity index (χ4n) is 4.99. The molecule has 2 aliphatic rings. The summed E-state index contributed by atoms with van der Waals surface area (Å²) in [6.45, 7) is 4.30. The van der Waals surface area contributed by atoms with Crippen molar-refractivity contribution in [2.45, 2.75) is 43.2 Å². The molecule has 2 fully saturated rings. The molecule has 3 aromatic rings. The largest absolute Gasteiger partial charge is 0.308 e. The molecular weight excluding hydrogens is 489 g/mol. The Kier molecular flexibility index (Phi) is 6.57. The van der Waals surface area contributed by atoms with Gasteiger partial charge in [0.25, 0.3) is 0 Å². The van der Waals surface area contributed by atoms with E-state index in [4.69, 9.17) is 11.6 Å². The first-order valence-electron chi connectivity index (χ1n) is 11.8. The van der Waals surface area contributed by atoms with E-state index >= 15 is 4.39 Å². The number of hydrogen-bond donors (Lipinski definition) is 1. The number of sulfonamides is 1. The first kappa shape index (κ1) is 24.2. The monoisotopic (exact) mass is 515 g/mol. The van der Waals surface area contributed by atoms with Gasteiger partial charge in [-0.2, -0.15) is 4.72 Å². The van der Waals surface area contributed by atoms with Gasteiger partial charge in [0.1, 0.15) is 11.9 Å². The lowest BCUT2D eigenvalue weighted by Crippen LogP contribution is -2.41. The number of amides is 1. The molecule has 35 heavy (non-hydrogen) atoms. The van der Waals surface area contributed by atoms with Crippen molar-refractivity contribution in [3.8, 4) is 0 Å². The molecule has 0 aromatic heterocycles. The molecule has 2 saturated heterocycles. The summed E-state index contributed by atoms with van der Waals surface area (Å²) >= 11 is 6.01. The van der Waals surface area contributed by atoms with E-state index in [1.165, 1.54) is 17.0 Å². The molecule has 6 nitrogen and oxygen atoms in total. The van der Waals surface area contributed by atoms with Crippen LogP contribution in [0.4, 0.5) is 10.1 Å². The zero-order valence-electron chi connectivity index (χ0n) is 19.4. The summed E-state index contributed by atoms with van der Waals surface area (Å²) in [7, 11) is -3.95. The second kappa shape index (κ2) is 9.50. The van der Waals surface area contributed by atoms with Crippen LogP contribution in [-0.2, 0) is 14.8 Å². The van der Waals surface area contributed by atoms with E-state index in [1.54, 1.807) is 36.4 Å². The fraction of sp³-hybridized carbons (Fsp3) is 0.346. The molecule has 2 heterocycles. The number of fused-ring (bicyclic) bond motifs is 1. The van der Waals surface area contributed by atoms with E-state index in [2.05, 4.69) is 16.5 Å². The van der Waals surface area contributed by atoms with Crippen LogP contribution in [0, 0.1) is 5.82 Å². The molecule has 2 aliphatic heterocycles. The number of carbonyl (C=O) groups excluding carboxylic acids is 1. The Morgan fingerprint density at radius 1 is 1.00 bits per heavy atom. The molecule has 0 bridgehead atoms. The lowest BCUT2D eigenvalue weighted by Gasteiger charge is -2.25. The van der Waals surface area contributed by atoms with Crippen molar-refractivity contribution in [3.05, 3.63) is 71.0 Å². The van der Waals surface area contributed by atoms with E-state index in [0.29, 0.717) is 5.02 Å². The van der Waals surface area contributed by atoms with Gasteiger partial charge in [0.15, 0.2) is 0 Å². The predicted octanol–water partition coefficient (Wildman–Crippen LogP) is 4.87. The summed E-state index contributed by atoms with van der Waals surface area (Å²) in [4.78, 5) is 16.8. The van der Waals surface area contributed by atoms with Crippen molar-refractivity contribution in [2.24, 2.45) is 0 Å². The molecule has 3 aromatic carbocycles. The van der Waals surface area contributed by atoms with Crippen molar-refractivity contribution >= 4 is 44.0 Å². The van der Waals surface area contributed by atoms with Gasteiger partial charge in [0.2, 0.25) is 15.9 Å². The van der Waals surface area contributed by atoms with Crippen molar-refractivity contribution in [1.29, 1.82) is 0 Å². The lowest BCUT2D eigenvalue weighted by molar-refractivity contribution is -0.118. The molecule has 1 amide bonds. The smallest absolute Gasteiger partial charge is 0.245 e. The number of benzene rings is 3. The molecule has 0 aliphatic carbocycles. The Hall–Kier alpha value is -2.52. The van der Waals surface area contributed by atoms with E-state index < -0.39 is 27.8 Å². The number of likely N-dealkylation sites (tertiary alicyclic amines) is 1. The van der Waals surface area contributed by atoms with Gasteiger partial charge in [0, 0.05) is 17.6 Å². The number of nitrogens with one attached hydrogen (secondary N) is 1. The maximum absolute atomic E-state index is 15.1. The average Bonchev–Trinajstić information content (AvgIpc) is 3.49. The number of halogens is 2. The van der Waals surface area contributed by atoms with Crippen LogP contribution in [-0.4, -0.2) is 44.9 Å². The summed E-state index contributed by atoms with van der Waals surface area (Å²) < 4.78 is 43.6. The number of rotatable bonds is 6. The highest BCUT2D eigenvalue weighted by molar-refractivity contribution is 7.89. The molecule has 9 heteroatoms. The van der Waals surface area contributed by atoms with Crippen molar-refractivity contribution in [2.75, 3.05) is 24.5 Å². The Morgan fingerprint density at radius 2 is 1.71 bits per heavy atom. The van der Waals surface area contributed by atoms with Gasteiger partial charge in [-0.3, -0.25) is 9.69 Å². The highest BCUT2D eigenvalue weighted by atomic mass is 35.5. The highest BCUT2D eigenvalue weighted by Gasteiger charge is 2.37. The summed E-state index contributed by atoms with van der Waals surface area (Å²) in [6.07, 6.45) is 2.56. The molecular formula is C26H27ClFN3O3S. The number of anilines is 1. The topological polar surface area (TPSA) is 69.7 Å². The first-order chi connectivity index (χ1) is 16.7. The average molecular weight is 516 g/mol. The number of hydrogen-bond acceptors (Lipinski definition) is 4. The minimum atomic E-state index is -3.95. The molecule has 2 atom stereocenters. The lowest BCUT2D eigenvalue weighted by atomic mass is 10.1. The molecule has 0 radical (unpaired) electrons. The highest BCUT2D eigenvalue weighted by Crippen LogP contribution is 2.31. The maximum Gasteiger partial charge on any atom is 0.245 e. The van der Waals surface area contributed by atoms with Crippen molar-refractivity contribution < 1.29 is 17.6 Å². The van der Waals surface area contributed by atoms with Crippen molar-refractivity contribution in [3.63, 3.8) is 0 Å². The SMILES string of the molecule is CC(c1ccc(N2CC[C@H](NS(=O)(=O)c3ccc4cc(Cl)ccc4c3)C2=O)c(F)c1)N1CCCC1. The third-order valence-corrected chi connectivity index (χ3v) is 8.72. The molecule has 5 rings (SSSR count). The van der Waals surface area contributed by atoms with E-state index in [0.717, 1.165) is 42.3 Å². The Morgan fingerprint density at radius 3 is 2.46 bits per heavy atom. The Balaban J connectivity index is 1.31. The zero-order chi connectivity index (χ0) is 24.7. The molecule has 184 valence electrons. The van der Waals surface area contributed by atoms with Gasteiger partial charge < -0.3 is 4.90 Å². The van der Waals surface area contributed by atoms with E-state index in [9.17, 15) is 13.2 Å². The number of nitrogens with zero attached hydrogens (tertiary/aromatic N) is 2. The summed E-state index contributed by atoms with van der Waals surface area (Å²) in [6, 6.07) is 14.0. The summed E-state index contributed by atoms with van der Waals surface area (Å²) in [5.41, 5.74) is 1.05. The summed E-state index contributed by atoms with van der Waals surface area (Å²) in [5.74, 6) is -0.931. The minimum Gasteiger partial charge on any atom is -0.308 e. The first-order valence-corrected chi connectivity index (χ1v) is 13.7. The minimum absolute atomic E-state index is 0.0602. The zero-order valence-corrected chi connectivity index (χ0v) is 20.9. The number of carbonyl (C=O) groups is 1. The van der Waals surface area contributed by atoms with Crippen LogP contribution in [0.25, 0.3) is 10.8 Å². The molecule has 1 N–H and O–H groups in total. The van der Waals surface area contributed by atoms with Crippen LogP contribution in [0.3, 0.4) is 0 Å². The molecule has 0 saturated carbocycles. The second-order valence-corrected chi connectivity index (χ2v) is 11.4. The fourth-order valence-corrected chi connectivity index (χ4v) is 6.43. The quantitative estimate of drug-likeness (QED) is 0.508. The van der Waals surface area contributed by atoms with Gasteiger partial charge in [0.05, 0.1) is 10.6 Å². The van der Waals surface area contributed by atoms with Crippen LogP contribution in [0.5, 0.6) is 0 Å². The Bertz CT molecular complexity index is 1390.